The maximum Gasteiger partial charge on any atom is 0.416 e. The van der Waals surface area contributed by atoms with Crippen LogP contribution in [0.3, 0.4) is 0 Å². The van der Waals surface area contributed by atoms with Crippen LogP contribution < -0.4 is 0 Å². The van der Waals surface area contributed by atoms with Crippen molar-refractivity contribution >= 4 is 15.7 Å². The van der Waals surface area contributed by atoms with Crippen molar-refractivity contribution < 1.29 is 26.4 Å². The Morgan fingerprint density at radius 3 is 2.19 bits per heavy atom. The van der Waals surface area contributed by atoms with Gasteiger partial charge < -0.3 is 4.90 Å². The van der Waals surface area contributed by atoms with E-state index in [1.807, 2.05) is 0 Å². The van der Waals surface area contributed by atoms with Gasteiger partial charge >= 0.3 is 6.18 Å². The number of halogens is 3. The van der Waals surface area contributed by atoms with Gasteiger partial charge in [-0.05, 0) is 24.1 Å². The van der Waals surface area contributed by atoms with Gasteiger partial charge in [-0.25, -0.2) is 8.42 Å². The molecule has 0 aromatic heterocycles. The van der Waals surface area contributed by atoms with Crippen molar-refractivity contribution in [1.82, 2.24) is 9.80 Å². The maximum atomic E-state index is 12.6. The molecule has 0 saturated carbocycles. The second-order valence-electron chi connectivity index (χ2n) is 6.85. The van der Waals surface area contributed by atoms with Gasteiger partial charge in [0.25, 0.3) is 0 Å². The summed E-state index contributed by atoms with van der Waals surface area (Å²) in [6.45, 7) is 2.27. The molecule has 0 N–H and O–H groups in total. The minimum atomic E-state index is -4.38. The van der Waals surface area contributed by atoms with Gasteiger partial charge in [0.15, 0.2) is 9.84 Å². The first-order valence-electron chi connectivity index (χ1n) is 8.52. The van der Waals surface area contributed by atoms with Gasteiger partial charge in [0, 0.05) is 32.2 Å². The summed E-state index contributed by atoms with van der Waals surface area (Å²) in [7, 11) is -2.93. The van der Waals surface area contributed by atoms with Crippen LogP contribution in [0.25, 0.3) is 0 Å². The summed E-state index contributed by atoms with van der Waals surface area (Å²) in [5.41, 5.74) is -0.179. The van der Waals surface area contributed by atoms with Crippen LogP contribution in [-0.2, 0) is 27.2 Å². The molecule has 2 heterocycles. The Morgan fingerprint density at radius 2 is 1.69 bits per heavy atom. The Bertz CT molecular complexity index is 754. The predicted molar refractivity (Wildman–Crippen MR) is 90.4 cm³/mol. The summed E-state index contributed by atoms with van der Waals surface area (Å²) in [6, 6.07) is 4.68. The number of piperazine rings is 1. The summed E-state index contributed by atoms with van der Waals surface area (Å²) in [5.74, 6) is 0.292. The number of benzene rings is 1. The molecule has 1 aromatic carbocycles. The Kier molecular flexibility index (Phi) is 5.30. The predicted octanol–water partition coefficient (Wildman–Crippen LogP) is 1.58. The molecule has 2 aliphatic heterocycles. The highest BCUT2D eigenvalue weighted by Gasteiger charge is 2.34. The highest BCUT2D eigenvalue weighted by molar-refractivity contribution is 7.91. The second-order valence-corrected chi connectivity index (χ2v) is 9.07. The number of amides is 1. The van der Waals surface area contributed by atoms with E-state index in [0.717, 1.165) is 12.1 Å². The number of hydrogen-bond donors (Lipinski definition) is 0. The van der Waals surface area contributed by atoms with E-state index in [-0.39, 0.29) is 29.9 Å². The third kappa shape index (κ3) is 4.56. The highest BCUT2D eigenvalue weighted by atomic mass is 32.2. The first kappa shape index (κ1) is 19.2. The molecule has 9 heteroatoms. The number of rotatable bonds is 3. The molecule has 2 fully saturated rings. The van der Waals surface area contributed by atoms with Crippen molar-refractivity contribution in [3.8, 4) is 0 Å². The van der Waals surface area contributed by atoms with E-state index in [9.17, 15) is 26.4 Å². The van der Waals surface area contributed by atoms with Crippen LogP contribution in [0.15, 0.2) is 24.3 Å². The van der Waals surface area contributed by atoms with Crippen LogP contribution in [0.1, 0.15) is 17.5 Å². The van der Waals surface area contributed by atoms with Crippen LogP contribution in [0.5, 0.6) is 0 Å². The van der Waals surface area contributed by atoms with Crippen LogP contribution in [0, 0.1) is 0 Å². The number of nitrogens with zero attached hydrogens (tertiary/aromatic N) is 2. The average molecular weight is 390 g/mol. The second kappa shape index (κ2) is 7.19. The van der Waals surface area contributed by atoms with Crippen molar-refractivity contribution in [3.05, 3.63) is 35.4 Å². The SMILES string of the molecule is O=C(Cc1ccc(C(F)(F)F)cc1)N1CCN(C2CCS(=O)(=O)C2)CC1. The molecule has 0 aliphatic carbocycles. The fourth-order valence-electron chi connectivity index (χ4n) is 3.50. The van der Waals surface area contributed by atoms with Crippen molar-refractivity contribution in [1.29, 1.82) is 0 Å². The third-order valence-electron chi connectivity index (χ3n) is 5.03. The molecular weight excluding hydrogens is 369 g/mol. The van der Waals surface area contributed by atoms with Gasteiger partial charge in [-0.1, -0.05) is 12.1 Å². The van der Waals surface area contributed by atoms with E-state index in [4.69, 9.17) is 0 Å². The fourth-order valence-corrected chi connectivity index (χ4v) is 5.26. The maximum absolute atomic E-state index is 12.6. The van der Waals surface area contributed by atoms with Gasteiger partial charge in [-0.2, -0.15) is 13.2 Å². The average Bonchev–Trinajstić information content (AvgIpc) is 2.94. The van der Waals surface area contributed by atoms with Crippen molar-refractivity contribution in [2.75, 3.05) is 37.7 Å². The van der Waals surface area contributed by atoms with E-state index in [0.29, 0.717) is 38.2 Å². The highest BCUT2D eigenvalue weighted by Crippen LogP contribution is 2.29. The molecular formula is C17H21F3N2O3S. The molecule has 5 nitrogen and oxygen atoms in total. The molecule has 26 heavy (non-hydrogen) atoms. The van der Waals surface area contributed by atoms with E-state index in [2.05, 4.69) is 4.90 Å². The quantitative estimate of drug-likeness (QED) is 0.786. The molecule has 144 valence electrons. The zero-order valence-corrected chi connectivity index (χ0v) is 15.0. The molecule has 0 spiro atoms. The fraction of sp³-hybridized carbons (Fsp3) is 0.588. The summed E-state index contributed by atoms with van der Waals surface area (Å²) >= 11 is 0. The van der Waals surface area contributed by atoms with Crippen LogP contribution in [-0.4, -0.2) is 67.9 Å². The lowest BCUT2D eigenvalue weighted by Gasteiger charge is -2.37. The minimum absolute atomic E-state index is 0.0344. The van der Waals surface area contributed by atoms with E-state index in [1.165, 1.54) is 12.1 Å². The van der Waals surface area contributed by atoms with Gasteiger partial charge in [-0.3, -0.25) is 9.69 Å². The molecule has 2 saturated heterocycles. The van der Waals surface area contributed by atoms with E-state index in [1.54, 1.807) is 4.90 Å². The number of alkyl halides is 3. The van der Waals surface area contributed by atoms with Gasteiger partial charge in [-0.15, -0.1) is 0 Å². The molecule has 1 aromatic rings. The van der Waals surface area contributed by atoms with Gasteiger partial charge in [0.05, 0.1) is 23.5 Å². The van der Waals surface area contributed by atoms with Crippen molar-refractivity contribution in [3.63, 3.8) is 0 Å². The number of hydrogen-bond acceptors (Lipinski definition) is 4. The van der Waals surface area contributed by atoms with Crippen molar-refractivity contribution in [2.45, 2.75) is 25.1 Å². The zero-order valence-electron chi connectivity index (χ0n) is 14.2. The summed E-state index contributed by atoms with van der Waals surface area (Å²) in [6.07, 6.45) is -3.68. The number of carbonyl (C=O) groups excluding carboxylic acids is 1. The monoisotopic (exact) mass is 390 g/mol. The molecule has 0 bridgehead atoms. The largest absolute Gasteiger partial charge is 0.416 e. The number of carbonyl (C=O) groups is 1. The Hall–Kier alpha value is -1.61. The van der Waals surface area contributed by atoms with E-state index >= 15 is 0 Å². The number of sulfone groups is 1. The normalized spacial score (nSPS) is 24.0. The lowest BCUT2D eigenvalue weighted by molar-refractivity contribution is -0.137. The summed E-state index contributed by atoms with van der Waals surface area (Å²) < 4.78 is 60.9. The summed E-state index contributed by atoms with van der Waals surface area (Å²) in [4.78, 5) is 16.2. The molecule has 0 radical (unpaired) electrons. The lowest BCUT2D eigenvalue weighted by Crippen LogP contribution is -2.52. The summed E-state index contributed by atoms with van der Waals surface area (Å²) in [5, 5.41) is 0. The Morgan fingerprint density at radius 1 is 1.08 bits per heavy atom. The molecule has 1 amide bonds. The molecule has 1 unspecified atom stereocenters. The Labute approximate surface area is 150 Å². The topological polar surface area (TPSA) is 57.7 Å². The smallest absolute Gasteiger partial charge is 0.340 e. The lowest BCUT2D eigenvalue weighted by atomic mass is 10.1. The zero-order chi connectivity index (χ0) is 18.9. The standard InChI is InChI=1S/C17H21F3N2O3S/c18-17(19,20)14-3-1-13(2-4-14)11-16(23)22-8-6-21(7-9-22)15-5-10-26(24,25)12-15/h1-4,15H,5-12H2. The first-order chi connectivity index (χ1) is 12.1. The third-order valence-corrected chi connectivity index (χ3v) is 6.78. The Balaban J connectivity index is 1.51. The molecule has 2 aliphatic rings. The van der Waals surface area contributed by atoms with Gasteiger partial charge in [0.1, 0.15) is 0 Å². The van der Waals surface area contributed by atoms with Crippen LogP contribution >= 0.6 is 0 Å². The van der Waals surface area contributed by atoms with Crippen LogP contribution in [0.4, 0.5) is 13.2 Å². The van der Waals surface area contributed by atoms with E-state index < -0.39 is 21.6 Å². The molecule has 3 rings (SSSR count). The van der Waals surface area contributed by atoms with Gasteiger partial charge in [0.2, 0.25) is 5.91 Å². The minimum Gasteiger partial charge on any atom is -0.340 e. The van der Waals surface area contributed by atoms with Crippen molar-refractivity contribution in [2.24, 2.45) is 0 Å². The first-order valence-corrected chi connectivity index (χ1v) is 10.3. The van der Waals surface area contributed by atoms with Crippen LogP contribution in [0.2, 0.25) is 0 Å². The molecule has 1 atom stereocenters.